The molecule has 2 atom stereocenters. The van der Waals surface area contributed by atoms with E-state index in [9.17, 15) is 8.42 Å². The zero-order chi connectivity index (χ0) is 20.0. The molecule has 0 unspecified atom stereocenters. The summed E-state index contributed by atoms with van der Waals surface area (Å²) in [5.41, 5.74) is 4.56. The van der Waals surface area contributed by atoms with Gasteiger partial charge in [-0.15, -0.1) is 0 Å². The molecule has 0 saturated carbocycles. The maximum atomic E-state index is 13.7. The van der Waals surface area contributed by atoms with E-state index in [1.165, 1.54) is 11.1 Å². The molecule has 0 N–H and O–H groups in total. The molecule has 0 aromatic heterocycles. The Morgan fingerprint density at radius 2 is 1.55 bits per heavy atom. The predicted octanol–water partition coefficient (Wildman–Crippen LogP) is 4.30. The monoisotopic (exact) mass is 404 g/mol. The van der Waals surface area contributed by atoms with Gasteiger partial charge in [0, 0.05) is 13.1 Å². The molecule has 2 heterocycles. The molecule has 1 fully saturated rings. The average Bonchev–Trinajstić information content (AvgIpc) is 3.16. The second kappa shape index (κ2) is 7.10. The van der Waals surface area contributed by atoms with E-state index in [1.54, 1.807) is 16.4 Å². The Morgan fingerprint density at radius 1 is 0.862 bits per heavy atom. The normalized spacial score (nSPS) is 22.2. The fourth-order valence-electron chi connectivity index (χ4n) is 4.63. The summed E-state index contributed by atoms with van der Waals surface area (Å²) in [6.07, 6.45) is 0.672. The highest BCUT2D eigenvalue weighted by Gasteiger charge is 2.48. The molecule has 3 aromatic carbocycles. The number of hydrogen-bond donors (Lipinski definition) is 0. The van der Waals surface area contributed by atoms with Gasteiger partial charge >= 0.3 is 0 Å². The van der Waals surface area contributed by atoms with Crippen LogP contribution in [-0.4, -0.2) is 30.7 Å². The van der Waals surface area contributed by atoms with Crippen LogP contribution in [0.3, 0.4) is 0 Å². The van der Waals surface area contributed by atoms with E-state index in [0.29, 0.717) is 11.4 Å². The van der Waals surface area contributed by atoms with Crippen molar-refractivity contribution in [2.45, 2.75) is 30.4 Å². The molecule has 0 amide bonds. The van der Waals surface area contributed by atoms with Crippen LogP contribution in [0.1, 0.15) is 34.5 Å². The van der Waals surface area contributed by atoms with Crippen molar-refractivity contribution in [1.29, 1.82) is 0 Å². The minimum absolute atomic E-state index is 0.0507. The van der Waals surface area contributed by atoms with Crippen molar-refractivity contribution in [3.05, 3.63) is 101 Å². The van der Waals surface area contributed by atoms with Gasteiger partial charge in [0.15, 0.2) is 0 Å². The third kappa shape index (κ3) is 3.10. The van der Waals surface area contributed by atoms with E-state index in [1.807, 2.05) is 49.4 Å². The number of fused-ring (bicyclic) bond motifs is 3. The molecule has 1 saturated heterocycles. The van der Waals surface area contributed by atoms with Gasteiger partial charge < -0.3 is 0 Å². The SMILES string of the molecule is Cc1ccc(S(=O)(=O)N2C[C@@H](c3ccccc3)N3CCc4ccccc4[C@@H]32)cc1. The second-order valence-electron chi connectivity index (χ2n) is 7.87. The van der Waals surface area contributed by atoms with Crippen LogP contribution >= 0.6 is 0 Å². The van der Waals surface area contributed by atoms with Crippen molar-refractivity contribution in [3.8, 4) is 0 Å². The fourth-order valence-corrected chi connectivity index (χ4v) is 6.22. The first kappa shape index (κ1) is 18.6. The Hall–Kier alpha value is -2.47. The molecule has 2 aliphatic rings. The van der Waals surface area contributed by atoms with Gasteiger partial charge in [-0.25, -0.2) is 8.42 Å². The second-order valence-corrected chi connectivity index (χ2v) is 9.77. The smallest absolute Gasteiger partial charge is 0.244 e. The Kier molecular flexibility index (Phi) is 4.54. The summed E-state index contributed by atoms with van der Waals surface area (Å²) in [5.74, 6) is 0. The number of rotatable bonds is 3. The lowest BCUT2D eigenvalue weighted by molar-refractivity contribution is 0.150. The van der Waals surface area contributed by atoms with Gasteiger partial charge in [0.1, 0.15) is 6.17 Å². The Morgan fingerprint density at radius 3 is 2.31 bits per heavy atom. The van der Waals surface area contributed by atoms with Crippen LogP contribution in [0.15, 0.2) is 83.8 Å². The third-order valence-corrected chi connectivity index (χ3v) is 7.96. The van der Waals surface area contributed by atoms with E-state index in [4.69, 9.17) is 0 Å². The van der Waals surface area contributed by atoms with E-state index in [2.05, 4.69) is 29.2 Å². The number of aryl methyl sites for hydroxylation is 1. The maximum absolute atomic E-state index is 13.7. The first-order valence-electron chi connectivity index (χ1n) is 10.0. The third-order valence-electron chi connectivity index (χ3n) is 6.12. The highest BCUT2D eigenvalue weighted by atomic mass is 32.2. The predicted molar refractivity (Wildman–Crippen MR) is 114 cm³/mol. The molecule has 0 radical (unpaired) electrons. The van der Waals surface area contributed by atoms with Gasteiger partial charge in [0.05, 0.1) is 10.9 Å². The Bertz CT molecular complexity index is 1130. The standard InChI is InChI=1S/C24H24N2O2S/c1-18-11-13-21(14-12-18)29(27,28)26-17-23(20-8-3-2-4-9-20)25-16-15-19-7-5-6-10-22(19)24(25)26/h2-14,23-24H,15-17H2,1H3/t23-,24-/m0/s1. The summed E-state index contributed by atoms with van der Waals surface area (Å²) in [6.45, 7) is 3.27. The molecule has 2 aliphatic heterocycles. The number of sulfonamides is 1. The molecule has 148 valence electrons. The van der Waals surface area contributed by atoms with Gasteiger partial charge in [-0.2, -0.15) is 4.31 Å². The van der Waals surface area contributed by atoms with Crippen LogP contribution in [0.2, 0.25) is 0 Å². The van der Waals surface area contributed by atoms with Gasteiger partial charge in [0.25, 0.3) is 0 Å². The molecule has 29 heavy (non-hydrogen) atoms. The molecular formula is C24H24N2O2S. The summed E-state index contributed by atoms with van der Waals surface area (Å²) in [4.78, 5) is 2.71. The van der Waals surface area contributed by atoms with E-state index < -0.39 is 10.0 Å². The van der Waals surface area contributed by atoms with Crippen LogP contribution in [0.5, 0.6) is 0 Å². The summed E-state index contributed by atoms with van der Waals surface area (Å²) in [6, 6.07) is 25.7. The molecule has 5 heteroatoms. The zero-order valence-electron chi connectivity index (χ0n) is 16.4. The van der Waals surface area contributed by atoms with Crippen molar-refractivity contribution >= 4 is 10.0 Å². The van der Waals surface area contributed by atoms with Gasteiger partial charge in [0.2, 0.25) is 10.0 Å². The number of benzene rings is 3. The molecule has 4 nitrogen and oxygen atoms in total. The minimum atomic E-state index is -3.62. The minimum Gasteiger partial charge on any atom is -0.274 e. The molecular weight excluding hydrogens is 380 g/mol. The van der Waals surface area contributed by atoms with Crippen LogP contribution in [0, 0.1) is 6.92 Å². The molecule has 0 bridgehead atoms. The number of nitrogens with zero attached hydrogens (tertiary/aromatic N) is 2. The van der Waals surface area contributed by atoms with Crippen LogP contribution < -0.4 is 0 Å². The summed E-state index contributed by atoms with van der Waals surface area (Å²) < 4.78 is 29.1. The molecule has 5 rings (SSSR count). The van der Waals surface area contributed by atoms with Gasteiger partial charge in [-0.3, -0.25) is 4.90 Å². The summed E-state index contributed by atoms with van der Waals surface area (Å²) in [7, 11) is -3.62. The zero-order valence-corrected chi connectivity index (χ0v) is 17.2. The van der Waals surface area contributed by atoms with E-state index in [0.717, 1.165) is 24.1 Å². The van der Waals surface area contributed by atoms with Crippen molar-refractivity contribution in [3.63, 3.8) is 0 Å². The van der Waals surface area contributed by atoms with Crippen molar-refractivity contribution in [2.24, 2.45) is 0 Å². The topological polar surface area (TPSA) is 40.6 Å². The Balaban J connectivity index is 1.63. The van der Waals surface area contributed by atoms with Gasteiger partial charge in [-0.05, 0) is 42.2 Å². The van der Waals surface area contributed by atoms with Crippen LogP contribution in [0.25, 0.3) is 0 Å². The van der Waals surface area contributed by atoms with Crippen LogP contribution in [0.4, 0.5) is 0 Å². The maximum Gasteiger partial charge on any atom is 0.244 e. The average molecular weight is 405 g/mol. The summed E-state index contributed by atoms with van der Waals surface area (Å²) in [5, 5.41) is 0. The van der Waals surface area contributed by atoms with Crippen molar-refractivity contribution in [2.75, 3.05) is 13.1 Å². The lowest BCUT2D eigenvalue weighted by Crippen LogP contribution is -2.39. The highest BCUT2D eigenvalue weighted by Crippen LogP contribution is 2.46. The first-order chi connectivity index (χ1) is 14.1. The lowest BCUT2D eigenvalue weighted by Gasteiger charge is -2.37. The quantitative estimate of drug-likeness (QED) is 0.654. The van der Waals surface area contributed by atoms with Crippen molar-refractivity contribution < 1.29 is 8.42 Å². The lowest BCUT2D eigenvalue weighted by atomic mass is 9.96. The summed E-state index contributed by atoms with van der Waals surface area (Å²) >= 11 is 0. The highest BCUT2D eigenvalue weighted by molar-refractivity contribution is 7.89. The first-order valence-corrected chi connectivity index (χ1v) is 11.5. The molecule has 0 spiro atoms. The molecule has 0 aliphatic carbocycles. The van der Waals surface area contributed by atoms with E-state index in [-0.39, 0.29) is 12.2 Å². The Labute approximate surface area is 172 Å². The van der Waals surface area contributed by atoms with Gasteiger partial charge in [-0.1, -0.05) is 72.3 Å². The van der Waals surface area contributed by atoms with Crippen LogP contribution in [-0.2, 0) is 16.4 Å². The van der Waals surface area contributed by atoms with E-state index >= 15 is 0 Å². The van der Waals surface area contributed by atoms with Crippen molar-refractivity contribution in [1.82, 2.24) is 9.21 Å². The molecule has 3 aromatic rings. The largest absolute Gasteiger partial charge is 0.274 e. The fraction of sp³-hybridized carbons (Fsp3) is 0.250. The number of hydrogen-bond acceptors (Lipinski definition) is 3.